The zero-order valence-electron chi connectivity index (χ0n) is 16.5. The van der Waals surface area contributed by atoms with Crippen LogP contribution in [-0.4, -0.2) is 7.11 Å². The van der Waals surface area contributed by atoms with E-state index in [0.29, 0.717) is 34.7 Å². The molecule has 0 amide bonds. The molecule has 0 aliphatic rings. The molecule has 0 saturated carbocycles. The number of ether oxygens (including phenoxy) is 2. The third kappa shape index (κ3) is 4.64. The van der Waals surface area contributed by atoms with Gasteiger partial charge in [0.15, 0.2) is 11.5 Å². The Morgan fingerprint density at radius 1 is 0.833 bits per heavy atom. The van der Waals surface area contributed by atoms with Gasteiger partial charge in [-0.15, -0.1) is 0 Å². The monoisotopic (exact) mass is 437 g/mol. The maximum absolute atomic E-state index is 6.53. The predicted octanol–water partition coefficient (Wildman–Crippen LogP) is 7.35. The Balaban J connectivity index is 1.51. The lowest BCUT2D eigenvalue weighted by atomic mass is 10.1. The van der Waals surface area contributed by atoms with Crippen LogP contribution < -0.4 is 14.8 Å². The van der Waals surface area contributed by atoms with Gasteiger partial charge in [-0.2, -0.15) is 0 Å². The van der Waals surface area contributed by atoms with Crippen LogP contribution in [0.3, 0.4) is 0 Å². The van der Waals surface area contributed by atoms with Gasteiger partial charge in [0.2, 0.25) is 0 Å². The molecule has 0 aliphatic heterocycles. The van der Waals surface area contributed by atoms with Crippen LogP contribution in [0.15, 0.2) is 78.9 Å². The second-order valence-corrected chi connectivity index (χ2v) is 7.75. The first kappa shape index (κ1) is 20.4. The van der Waals surface area contributed by atoms with Crippen molar-refractivity contribution in [3.05, 3.63) is 100 Å². The Kier molecular flexibility index (Phi) is 6.32. The predicted molar refractivity (Wildman–Crippen MR) is 125 cm³/mol. The molecule has 0 fully saturated rings. The van der Waals surface area contributed by atoms with E-state index >= 15 is 0 Å². The molecule has 152 valence electrons. The van der Waals surface area contributed by atoms with Gasteiger partial charge in [-0.1, -0.05) is 71.7 Å². The first-order valence-corrected chi connectivity index (χ1v) is 10.3. The fourth-order valence-corrected chi connectivity index (χ4v) is 3.88. The third-order valence-electron chi connectivity index (χ3n) is 4.83. The zero-order chi connectivity index (χ0) is 20.9. The Labute approximate surface area is 186 Å². The first-order valence-electron chi connectivity index (χ1n) is 9.59. The van der Waals surface area contributed by atoms with Crippen molar-refractivity contribution in [2.75, 3.05) is 12.4 Å². The van der Waals surface area contributed by atoms with Gasteiger partial charge in [0.1, 0.15) is 6.61 Å². The Hall–Kier alpha value is -2.88. The van der Waals surface area contributed by atoms with Crippen LogP contribution in [0.5, 0.6) is 11.5 Å². The topological polar surface area (TPSA) is 30.5 Å². The van der Waals surface area contributed by atoms with E-state index in [2.05, 4.69) is 29.6 Å². The minimum Gasteiger partial charge on any atom is -0.493 e. The number of benzene rings is 4. The van der Waals surface area contributed by atoms with Gasteiger partial charge >= 0.3 is 0 Å². The van der Waals surface area contributed by atoms with Crippen LogP contribution in [0.4, 0.5) is 5.69 Å². The van der Waals surface area contributed by atoms with E-state index in [-0.39, 0.29) is 0 Å². The highest BCUT2D eigenvalue weighted by molar-refractivity contribution is 6.32. The molecule has 1 N–H and O–H groups in total. The number of halogens is 2. The molecule has 4 rings (SSSR count). The van der Waals surface area contributed by atoms with Gasteiger partial charge < -0.3 is 14.8 Å². The van der Waals surface area contributed by atoms with Crippen LogP contribution in [0.2, 0.25) is 10.0 Å². The lowest BCUT2D eigenvalue weighted by Gasteiger charge is -2.15. The average Bonchev–Trinajstić information content (AvgIpc) is 2.76. The maximum Gasteiger partial charge on any atom is 0.180 e. The number of rotatable bonds is 7. The van der Waals surface area contributed by atoms with Crippen molar-refractivity contribution in [3.8, 4) is 11.5 Å². The van der Waals surface area contributed by atoms with Crippen LogP contribution in [0.1, 0.15) is 11.1 Å². The second kappa shape index (κ2) is 9.29. The highest BCUT2D eigenvalue weighted by atomic mass is 35.5. The van der Waals surface area contributed by atoms with E-state index in [9.17, 15) is 0 Å². The molecular formula is C25H21Cl2NO2. The van der Waals surface area contributed by atoms with Crippen molar-refractivity contribution < 1.29 is 9.47 Å². The standard InChI is InChI=1S/C25H21Cl2NO2/c1-29-24-14-18(15-28-23-11-5-8-19-7-2-3-10-21(19)23)13-22(27)25(24)30-16-17-6-4-9-20(26)12-17/h2-14,28H,15-16H2,1H3. The van der Waals surface area contributed by atoms with E-state index < -0.39 is 0 Å². The van der Waals surface area contributed by atoms with Gasteiger partial charge in [-0.3, -0.25) is 0 Å². The van der Waals surface area contributed by atoms with Crippen molar-refractivity contribution in [3.63, 3.8) is 0 Å². The molecule has 0 atom stereocenters. The van der Waals surface area contributed by atoms with E-state index in [4.69, 9.17) is 32.7 Å². The molecule has 4 aromatic rings. The van der Waals surface area contributed by atoms with Gasteiger partial charge in [-0.05, 0) is 46.8 Å². The molecule has 0 aromatic heterocycles. The van der Waals surface area contributed by atoms with Crippen LogP contribution >= 0.6 is 23.2 Å². The molecule has 0 spiro atoms. The molecule has 4 aromatic carbocycles. The van der Waals surface area contributed by atoms with Gasteiger partial charge in [-0.25, -0.2) is 0 Å². The minimum atomic E-state index is 0.351. The van der Waals surface area contributed by atoms with E-state index in [1.54, 1.807) is 7.11 Å². The van der Waals surface area contributed by atoms with E-state index in [1.165, 1.54) is 10.8 Å². The number of fused-ring (bicyclic) bond motifs is 1. The molecule has 3 nitrogen and oxygen atoms in total. The number of nitrogens with one attached hydrogen (secondary N) is 1. The van der Waals surface area contributed by atoms with E-state index in [0.717, 1.165) is 16.8 Å². The molecular weight excluding hydrogens is 417 g/mol. The van der Waals surface area contributed by atoms with Crippen molar-refractivity contribution >= 4 is 39.7 Å². The van der Waals surface area contributed by atoms with Crippen LogP contribution in [0.25, 0.3) is 10.8 Å². The number of hydrogen-bond acceptors (Lipinski definition) is 3. The Bertz CT molecular complexity index is 1170. The average molecular weight is 438 g/mol. The largest absolute Gasteiger partial charge is 0.493 e. The lowest BCUT2D eigenvalue weighted by molar-refractivity contribution is 0.284. The van der Waals surface area contributed by atoms with Crippen LogP contribution in [-0.2, 0) is 13.2 Å². The van der Waals surface area contributed by atoms with Crippen molar-refractivity contribution in [2.45, 2.75) is 13.2 Å². The summed E-state index contributed by atoms with van der Waals surface area (Å²) in [4.78, 5) is 0. The van der Waals surface area contributed by atoms with Crippen molar-refractivity contribution in [2.24, 2.45) is 0 Å². The summed E-state index contributed by atoms with van der Waals surface area (Å²) in [6.07, 6.45) is 0. The van der Waals surface area contributed by atoms with Crippen molar-refractivity contribution in [1.29, 1.82) is 0 Å². The highest BCUT2D eigenvalue weighted by Gasteiger charge is 2.13. The maximum atomic E-state index is 6.53. The zero-order valence-corrected chi connectivity index (χ0v) is 18.0. The van der Waals surface area contributed by atoms with Gasteiger partial charge in [0, 0.05) is 22.6 Å². The quantitative estimate of drug-likeness (QED) is 0.327. The van der Waals surface area contributed by atoms with Gasteiger partial charge in [0.05, 0.1) is 12.1 Å². The highest BCUT2D eigenvalue weighted by Crippen LogP contribution is 2.37. The first-order chi connectivity index (χ1) is 14.6. The van der Waals surface area contributed by atoms with Crippen molar-refractivity contribution in [1.82, 2.24) is 0 Å². The summed E-state index contributed by atoms with van der Waals surface area (Å²) in [7, 11) is 1.61. The molecule has 0 saturated heterocycles. The molecule has 0 bridgehead atoms. The summed E-state index contributed by atoms with van der Waals surface area (Å²) in [5.74, 6) is 1.12. The molecule has 0 heterocycles. The lowest BCUT2D eigenvalue weighted by Crippen LogP contribution is -2.03. The number of anilines is 1. The third-order valence-corrected chi connectivity index (χ3v) is 5.35. The Morgan fingerprint density at radius 2 is 1.63 bits per heavy atom. The smallest absolute Gasteiger partial charge is 0.180 e. The number of hydrogen-bond donors (Lipinski definition) is 1. The molecule has 0 aliphatic carbocycles. The summed E-state index contributed by atoms with van der Waals surface area (Å²) in [5.41, 5.74) is 3.03. The fourth-order valence-electron chi connectivity index (χ4n) is 3.37. The van der Waals surface area contributed by atoms with E-state index in [1.807, 2.05) is 54.6 Å². The second-order valence-electron chi connectivity index (χ2n) is 6.91. The van der Waals surface area contributed by atoms with Gasteiger partial charge in [0.25, 0.3) is 0 Å². The van der Waals surface area contributed by atoms with Crippen LogP contribution in [0, 0.1) is 0 Å². The summed E-state index contributed by atoms with van der Waals surface area (Å²) in [5, 5.41) is 7.05. The summed E-state index contributed by atoms with van der Waals surface area (Å²) in [6.45, 7) is 0.961. The minimum absolute atomic E-state index is 0.351. The Morgan fingerprint density at radius 3 is 2.47 bits per heavy atom. The summed E-state index contributed by atoms with van der Waals surface area (Å²) < 4.78 is 11.5. The molecule has 5 heteroatoms. The SMILES string of the molecule is COc1cc(CNc2cccc3ccccc23)cc(Cl)c1OCc1cccc(Cl)c1. The molecule has 0 radical (unpaired) electrons. The molecule has 30 heavy (non-hydrogen) atoms. The summed E-state index contributed by atoms with van der Waals surface area (Å²) >= 11 is 12.6. The fraction of sp³-hybridized carbons (Fsp3) is 0.120. The summed E-state index contributed by atoms with van der Waals surface area (Å²) in [6, 6.07) is 25.9. The molecule has 0 unspecified atom stereocenters. The number of methoxy groups -OCH3 is 1. The normalized spacial score (nSPS) is 10.8.